The summed E-state index contributed by atoms with van der Waals surface area (Å²) in [5.41, 5.74) is 4.29. The van der Waals surface area contributed by atoms with Crippen molar-refractivity contribution in [3.63, 3.8) is 0 Å². The second-order valence-electron chi connectivity index (χ2n) is 12.0. The molecule has 2 aliphatic rings. The monoisotopic (exact) mass is 646 g/mol. The molecule has 47 heavy (non-hydrogen) atoms. The Morgan fingerprint density at radius 1 is 0.894 bits per heavy atom. The maximum absolute atomic E-state index is 12.6. The van der Waals surface area contributed by atoms with Gasteiger partial charge in [0.15, 0.2) is 6.29 Å². The van der Waals surface area contributed by atoms with Gasteiger partial charge in [-0.05, 0) is 48.2 Å². The minimum Gasteiger partial charge on any atom is -0.481 e. The van der Waals surface area contributed by atoms with Crippen molar-refractivity contribution in [2.75, 3.05) is 42.9 Å². The molecule has 2 aliphatic heterocycles. The highest BCUT2D eigenvalue weighted by atomic mass is 16.7. The third-order valence-corrected chi connectivity index (χ3v) is 8.61. The minimum absolute atomic E-state index is 0.0349. The topological polar surface area (TPSA) is 155 Å². The van der Waals surface area contributed by atoms with Crippen molar-refractivity contribution >= 4 is 28.9 Å². The molecule has 5 rings (SSSR count). The average molecular weight is 647 g/mol. The second kappa shape index (κ2) is 16.5. The van der Waals surface area contributed by atoms with Crippen LogP contribution in [0.5, 0.6) is 0 Å². The first-order valence-electron chi connectivity index (χ1n) is 16.1. The molecule has 3 unspecified atom stereocenters. The molecule has 0 bridgehead atoms. The number of carboxylic acid groups (broad SMARTS) is 1. The van der Waals surface area contributed by atoms with Crippen molar-refractivity contribution in [1.82, 2.24) is 4.90 Å². The number of carbonyl (C=O) groups is 2. The van der Waals surface area contributed by atoms with Gasteiger partial charge < -0.3 is 29.9 Å². The number of hydrogen-bond acceptors (Lipinski definition) is 9. The molecule has 2 fully saturated rings. The van der Waals surface area contributed by atoms with E-state index in [9.17, 15) is 24.8 Å². The number of carbonyl (C=O) groups excluding carboxylic acids is 1. The number of hydrogen-bond donors (Lipinski definition) is 3. The third kappa shape index (κ3) is 9.82. The van der Waals surface area contributed by atoms with E-state index in [1.807, 2.05) is 48.5 Å². The maximum Gasteiger partial charge on any atom is 0.303 e. The van der Waals surface area contributed by atoms with Crippen molar-refractivity contribution in [1.29, 1.82) is 0 Å². The third-order valence-electron chi connectivity index (χ3n) is 8.61. The van der Waals surface area contributed by atoms with Crippen LogP contribution in [0, 0.1) is 10.1 Å². The Kier molecular flexibility index (Phi) is 11.9. The van der Waals surface area contributed by atoms with Crippen LogP contribution in [0.15, 0.2) is 72.8 Å². The average Bonchev–Trinajstić information content (AvgIpc) is 3.08. The molecule has 2 heterocycles. The van der Waals surface area contributed by atoms with Gasteiger partial charge in [0, 0.05) is 81.1 Å². The van der Waals surface area contributed by atoms with Crippen LogP contribution in [0.3, 0.4) is 0 Å². The maximum atomic E-state index is 12.6. The summed E-state index contributed by atoms with van der Waals surface area (Å²) in [5.74, 6) is -0.956. The van der Waals surface area contributed by atoms with Crippen LogP contribution in [-0.4, -0.2) is 70.7 Å². The fourth-order valence-corrected chi connectivity index (χ4v) is 6.02. The number of aliphatic carboxylic acids is 1. The first-order valence-corrected chi connectivity index (χ1v) is 16.1. The Morgan fingerprint density at radius 2 is 1.62 bits per heavy atom. The molecular weight excluding hydrogens is 604 g/mol. The first-order chi connectivity index (χ1) is 22.8. The molecule has 3 aromatic rings. The number of nitrogens with zero attached hydrogens (tertiary/aromatic N) is 3. The Morgan fingerprint density at radius 3 is 2.30 bits per heavy atom. The van der Waals surface area contributed by atoms with E-state index in [2.05, 4.69) is 15.1 Å². The van der Waals surface area contributed by atoms with Crippen LogP contribution in [0.4, 0.5) is 17.1 Å². The largest absolute Gasteiger partial charge is 0.481 e. The predicted octanol–water partition coefficient (Wildman–Crippen LogP) is 5.43. The first kappa shape index (κ1) is 34.0. The van der Waals surface area contributed by atoms with E-state index in [4.69, 9.17) is 14.6 Å². The smallest absolute Gasteiger partial charge is 0.303 e. The number of aliphatic hydroxyl groups is 1. The highest BCUT2D eigenvalue weighted by Gasteiger charge is 2.34. The Balaban J connectivity index is 1.22. The summed E-state index contributed by atoms with van der Waals surface area (Å²) in [6, 6.07) is 21.9. The summed E-state index contributed by atoms with van der Waals surface area (Å²) in [5, 5.41) is 32.3. The molecule has 1 amide bonds. The summed E-state index contributed by atoms with van der Waals surface area (Å²) in [6.07, 6.45) is 1.88. The van der Waals surface area contributed by atoms with Gasteiger partial charge in [-0.3, -0.25) is 24.6 Å². The summed E-state index contributed by atoms with van der Waals surface area (Å²) in [6.45, 7) is 3.88. The van der Waals surface area contributed by atoms with Crippen molar-refractivity contribution in [3.8, 4) is 0 Å². The SMILES string of the molecule is O=C(O)CCCCCC(=O)Nc1cccc(C2OC(CN3CCN(c4ccc([N+](=O)[O-])cc4)CC3)CC(c3ccc(CO)cc3)O2)c1. The Hall–Kier alpha value is -4.36. The molecule has 0 radical (unpaired) electrons. The molecule has 3 atom stereocenters. The number of aliphatic hydroxyl groups excluding tert-OH is 1. The zero-order valence-electron chi connectivity index (χ0n) is 26.3. The zero-order chi connectivity index (χ0) is 33.2. The van der Waals surface area contributed by atoms with Crippen molar-refractivity contribution in [3.05, 3.63) is 99.6 Å². The molecule has 3 aromatic carbocycles. The van der Waals surface area contributed by atoms with Gasteiger partial charge in [-0.2, -0.15) is 0 Å². The second-order valence-corrected chi connectivity index (χ2v) is 12.0. The minimum atomic E-state index is -0.827. The highest BCUT2D eigenvalue weighted by Crippen LogP contribution is 2.39. The normalized spacial score (nSPS) is 20.1. The standard InChI is InChI=1S/C35H42N4O8/c40-24-25-9-11-26(12-10-25)32-22-31(23-37-17-19-38(20-18-37)29-13-15-30(16-14-29)39(44)45)46-35(47-32)27-5-4-6-28(21-27)36-33(41)7-2-1-3-8-34(42)43/h4-6,9-16,21,31-32,35,40H,1-3,7-8,17-20,22-24H2,(H,36,41)(H,42,43). The number of carboxylic acids is 1. The van der Waals surface area contributed by atoms with Gasteiger partial charge in [-0.25, -0.2) is 0 Å². The molecule has 12 heteroatoms. The van der Waals surface area contributed by atoms with E-state index in [-0.39, 0.29) is 41.8 Å². The Labute approximate surface area is 274 Å². The summed E-state index contributed by atoms with van der Waals surface area (Å²) < 4.78 is 13.1. The van der Waals surface area contributed by atoms with Gasteiger partial charge in [-0.15, -0.1) is 0 Å². The van der Waals surface area contributed by atoms with Gasteiger partial charge in [0.05, 0.1) is 23.7 Å². The molecule has 250 valence electrons. The quantitative estimate of drug-likeness (QED) is 0.117. The number of anilines is 2. The molecule has 0 saturated carbocycles. The summed E-state index contributed by atoms with van der Waals surface area (Å²) >= 11 is 0. The van der Waals surface area contributed by atoms with Gasteiger partial charge in [-0.1, -0.05) is 42.8 Å². The summed E-state index contributed by atoms with van der Waals surface area (Å²) in [7, 11) is 0. The number of piperazine rings is 1. The molecule has 3 N–H and O–H groups in total. The van der Waals surface area contributed by atoms with Gasteiger partial charge in [0.25, 0.3) is 5.69 Å². The number of non-ortho nitro benzene ring substituents is 1. The molecule has 0 aromatic heterocycles. The van der Waals surface area contributed by atoms with E-state index in [1.165, 1.54) is 12.1 Å². The lowest BCUT2D eigenvalue weighted by Gasteiger charge is -2.41. The van der Waals surface area contributed by atoms with Crippen molar-refractivity contribution in [2.24, 2.45) is 0 Å². The molecular formula is C35H42N4O8. The van der Waals surface area contributed by atoms with Gasteiger partial charge >= 0.3 is 5.97 Å². The van der Waals surface area contributed by atoms with Crippen LogP contribution in [0.1, 0.15) is 67.6 Å². The van der Waals surface area contributed by atoms with Crippen LogP contribution in [-0.2, 0) is 25.7 Å². The van der Waals surface area contributed by atoms with E-state index < -0.39 is 12.3 Å². The van der Waals surface area contributed by atoms with Crippen LogP contribution < -0.4 is 10.2 Å². The number of benzene rings is 3. The lowest BCUT2D eigenvalue weighted by atomic mass is 9.99. The van der Waals surface area contributed by atoms with Crippen molar-refractivity contribution in [2.45, 2.75) is 63.6 Å². The lowest BCUT2D eigenvalue weighted by molar-refractivity contribution is -0.384. The van der Waals surface area contributed by atoms with Gasteiger partial charge in [0.1, 0.15) is 0 Å². The summed E-state index contributed by atoms with van der Waals surface area (Å²) in [4.78, 5) is 38.5. The van der Waals surface area contributed by atoms with E-state index in [1.54, 1.807) is 12.1 Å². The van der Waals surface area contributed by atoms with Crippen LogP contribution >= 0.6 is 0 Å². The lowest BCUT2D eigenvalue weighted by Crippen LogP contribution is -2.49. The van der Waals surface area contributed by atoms with E-state index in [0.717, 1.165) is 48.6 Å². The van der Waals surface area contributed by atoms with E-state index in [0.29, 0.717) is 44.3 Å². The molecule has 0 spiro atoms. The Bertz CT molecular complexity index is 1490. The fourth-order valence-electron chi connectivity index (χ4n) is 6.02. The van der Waals surface area contributed by atoms with Crippen LogP contribution in [0.25, 0.3) is 0 Å². The number of rotatable bonds is 14. The zero-order valence-corrected chi connectivity index (χ0v) is 26.3. The van der Waals surface area contributed by atoms with Crippen LogP contribution in [0.2, 0.25) is 0 Å². The molecule has 2 saturated heterocycles. The molecule has 0 aliphatic carbocycles. The number of nitrogens with one attached hydrogen (secondary N) is 1. The number of ether oxygens (including phenoxy) is 2. The van der Waals surface area contributed by atoms with Crippen molar-refractivity contribution < 1.29 is 34.2 Å². The number of unbranched alkanes of at least 4 members (excludes halogenated alkanes) is 2. The molecule has 12 nitrogen and oxygen atoms in total. The number of nitro benzene ring substituents is 1. The van der Waals surface area contributed by atoms with E-state index >= 15 is 0 Å². The fraction of sp³-hybridized carbons (Fsp3) is 0.429. The predicted molar refractivity (Wildman–Crippen MR) is 176 cm³/mol. The number of amides is 1. The highest BCUT2D eigenvalue weighted by molar-refractivity contribution is 5.90. The number of nitro groups is 1. The van der Waals surface area contributed by atoms with Gasteiger partial charge in [0.2, 0.25) is 5.91 Å².